The third-order valence-electron chi connectivity index (χ3n) is 3.74. The molecule has 3 rings (SSSR count). The van der Waals surface area contributed by atoms with Gasteiger partial charge in [0.05, 0.1) is 11.1 Å². The Balaban J connectivity index is 1.93. The van der Waals surface area contributed by atoms with Crippen molar-refractivity contribution in [2.24, 2.45) is 0 Å². The van der Waals surface area contributed by atoms with Gasteiger partial charge in [-0.15, -0.1) is 0 Å². The van der Waals surface area contributed by atoms with E-state index in [0.717, 1.165) is 0 Å². The van der Waals surface area contributed by atoms with Crippen molar-refractivity contribution in [3.8, 4) is 0 Å². The topological polar surface area (TPSA) is 60.4 Å². The molecule has 1 aliphatic carbocycles. The molecule has 0 aliphatic heterocycles. The minimum Gasteiger partial charge on any atom is -0.456 e. The first-order chi connectivity index (χ1) is 11.8. The lowest BCUT2D eigenvalue weighted by molar-refractivity contribution is 0.00693. The molecule has 2 aromatic rings. The minimum atomic E-state index is -0.593. The van der Waals surface area contributed by atoms with Crippen molar-refractivity contribution in [3.63, 3.8) is 0 Å². The van der Waals surface area contributed by atoms with Gasteiger partial charge in [0.1, 0.15) is 5.60 Å². The van der Waals surface area contributed by atoms with E-state index in [0.29, 0.717) is 22.3 Å². The van der Waals surface area contributed by atoms with Crippen LogP contribution in [0.3, 0.4) is 0 Å². The van der Waals surface area contributed by atoms with E-state index in [1.807, 2.05) is 0 Å². The monoisotopic (exact) mass is 334 g/mol. The summed E-state index contributed by atoms with van der Waals surface area (Å²) in [5.41, 5.74) is 1.34. The number of benzene rings is 2. The summed E-state index contributed by atoms with van der Waals surface area (Å²) < 4.78 is 5.35. The highest BCUT2D eigenvalue weighted by atomic mass is 16.6. The highest BCUT2D eigenvalue weighted by Crippen LogP contribution is 2.27. The smallest absolute Gasteiger partial charge is 0.338 e. The van der Waals surface area contributed by atoms with Crippen LogP contribution >= 0.6 is 0 Å². The standard InChI is InChI=1S/C21H18O4/c1-21(2,3)25-20(24)14-8-6-7-13(11-14)12-17-18(22)15-9-4-5-10-16(15)19(17)23/h4-12H,1-3H3. The van der Waals surface area contributed by atoms with Crippen molar-refractivity contribution >= 4 is 23.6 Å². The van der Waals surface area contributed by atoms with E-state index in [2.05, 4.69) is 0 Å². The lowest BCUT2D eigenvalue weighted by Crippen LogP contribution is -2.23. The zero-order valence-electron chi connectivity index (χ0n) is 14.3. The van der Waals surface area contributed by atoms with Crippen molar-refractivity contribution in [3.05, 3.63) is 76.4 Å². The van der Waals surface area contributed by atoms with Gasteiger partial charge in [-0.3, -0.25) is 9.59 Å². The fourth-order valence-corrected chi connectivity index (χ4v) is 2.66. The van der Waals surface area contributed by atoms with Gasteiger partial charge in [-0.25, -0.2) is 4.79 Å². The number of ether oxygens (including phenoxy) is 1. The van der Waals surface area contributed by atoms with E-state index >= 15 is 0 Å². The van der Waals surface area contributed by atoms with E-state index in [4.69, 9.17) is 4.74 Å². The summed E-state index contributed by atoms with van der Waals surface area (Å²) in [5, 5.41) is 0. The molecule has 2 aromatic carbocycles. The van der Waals surface area contributed by atoms with Gasteiger partial charge in [-0.2, -0.15) is 0 Å². The van der Waals surface area contributed by atoms with E-state index in [1.165, 1.54) is 6.08 Å². The van der Waals surface area contributed by atoms with E-state index < -0.39 is 11.6 Å². The van der Waals surface area contributed by atoms with Gasteiger partial charge in [0.15, 0.2) is 11.6 Å². The second kappa shape index (κ2) is 6.13. The molecule has 126 valence electrons. The Labute approximate surface area is 146 Å². The second-order valence-corrected chi connectivity index (χ2v) is 6.89. The van der Waals surface area contributed by atoms with Crippen molar-refractivity contribution in [2.75, 3.05) is 0 Å². The number of Topliss-reactive ketones (excluding diaryl/α,β-unsaturated/α-hetero) is 2. The average Bonchev–Trinajstić information content (AvgIpc) is 2.79. The number of esters is 1. The van der Waals surface area contributed by atoms with Crippen molar-refractivity contribution in [1.29, 1.82) is 0 Å². The molecule has 0 N–H and O–H groups in total. The van der Waals surface area contributed by atoms with Crippen LogP contribution in [0.15, 0.2) is 54.1 Å². The number of hydrogen-bond acceptors (Lipinski definition) is 4. The summed E-state index contributed by atoms with van der Waals surface area (Å²) in [4.78, 5) is 37.1. The third-order valence-corrected chi connectivity index (χ3v) is 3.74. The molecule has 0 heterocycles. The highest BCUT2D eigenvalue weighted by Gasteiger charge is 2.32. The summed E-state index contributed by atoms with van der Waals surface area (Å²) in [5.74, 6) is -1.02. The average molecular weight is 334 g/mol. The SMILES string of the molecule is CC(C)(C)OC(=O)c1cccc(C=C2C(=O)c3ccccc3C2=O)c1. The summed E-state index contributed by atoms with van der Waals surface area (Å²) in [6.45, 7) is 5.39. The number of fused-ring (bicyclic) bond motifs is 1. The molecule has 1 aliphatic rings. The van der Waals surface area contributed by atoms with Crippen LogP contribution in [0.25, 0.3) is 6.08 Å². The summed E-state index contributed by atoms with van der Waals surface area (Å²) in [6.07, 6.45) is 1.53. The van der Waals surface area contributed by atoms with Crippen LogP contribution in [0.1, 0.15) is 57.4 Å². The largest absolute Gasteiger partial charge is 0.456 e. The van der Waals surface area contributed by atoms with Crippen LogP contribution < -0.4 is 0 Å². The molecule has 0 spiro atoms. The van der Waals surface area contributed by atoms with Crippen molar-refractivity contribution in [1.82, 2.24) is 0 Å². The van der Waals surface area contributed by atoms with E-state index in [1.54, 1.807) is 69.3 Å². The quantitative estimate of drug-likeness (QED) is 0.471. The first-order valence-corrected chi connectivity index (χ1v) is 8.00. The maximum Gasteiger partial charge on any atom is 0.338 e. The predicted molar refractivity (Wildman–Crippen MR) is 94.7 cm³/mol. The molecular weight excluding hydrogens is 316 g/mol. The zero-order chi connectivity index (χ0) is 18.2. The Morgan fingerprint density at radius 3 is 2.08 bits per heavy atom. The van der Waals surface area contributed by atoms with Gasteiger partial charge >= 0.3 is 5.97 Å². The van der Waals surface area contributed by atoms with Crippen molar-refractivity contribution in [2.45, 2.75) is 26.4 Å². The fourth-order valence-electron chi connectivity index (χ4n) is 2.66. The Bertz CT molecular complexity index is 876. The van der Waals surface area contributed by atoms with Gasteiger partial charge in [0.2, 0.25) is 0 Å². The Morgan fingerprint density at radius 1 is 0.920 bits per heavy atom. The Kier molecular flexibility index (Phi) is 4.13. The van der Waals surface area contributed by atoms with Crippen LogP contribution in [0.2, 0.25) is 0 Å². The summed E-state index contributed by atoms with van der Waals surface area (Å²) >= 11 is 0. The predicted octanol–water partition coefficient (Wildman–Crippen LogP) is 4.10. The Morgan fingerprint density at radius 2 is 1.52 bits per heavy atom. The molecular formula is C21H18O4. The van der Waals surface area contributed by atoms with Crippen LogP contribution in [-0.2, 0) is 4.74 Å². The molecule has 4 heteroatoms. The lowest BCUT2D eigenvalue weighted by atomic mass is 10.0. The maximum absolute atomic E-state index is 12.4. The van der Waals surface area contributed by atoms with E-state index in [9.17, 15) is 14.4 Å². The summed E-state index contributed by atoms with van der Waals surface area (Å²) in [7, 11) is 0. The minimum absolute atomic E-state index is 0.113. The highest BCUT2D eigenvalue weighted by molar-refractivity contribution is 6.41. The molecule has 0 amide bonds. The number of rotatable bonds is 2. The maximum atomic E-state index is 12.4. The van der Waals surface area contributed by atoms with Gasteiger partial charge in [0, 0.05) is 11.1 Å². The number of allylic oxidation sites excluding steroid dienone is 1. The first-order valence-electron chi connectivity index (χ1n) is 8.00. The van der Waals surface area contributed by atoms with Gasteiger partial charge in [-0.1, -0.05) is 36.4 Å². The zero-order valence-corrected chi connectivity index (χ0v) is 14.3. The molecule has 0 unspecified atom stereocenters. The van der Waals surface area contributed by atoms with Crippen LogP contribution in [0.5, 0.6) is 0 Å². The number of hydrogen-bond donors (Lipinski definition) is 0. The van der Waals surface area contributed by atoms with Crippen LogP contribution in [-0.4, -0.2) is 23.1 Å². The molecule has 0 aromatic heterocycles. The molecule has 4 nitrogen and oxygen atoms in total. The number of carbonyl (C=O) groups is 3. The van der Waals surface area contributed by atoms with Crippen molar-refractivity contribution < 1.29 is 19.1 Å². The Hall–Kier alpha value is -3.01. The van der Waals surface area contributed by atoms with Gasteiger partial charge in [-0.05, 0) is 44.5 Å². The van der Waals surface area contributed by atoms with E-state index in [-0.39, 0.29) is 17.1 Å². The lowest BCUT2D eigenvalue weighted by Gasteiger charge is -2.19. The molecule has 0 saturated heterocycles. The number of ketones is 2. The molecule has 0 bridgehead atoms. The molecule has 0 radical (unpaired) electrons. The number of carbonyl (C=O) groups excluding carboxylic acids is 3. The second-order valence-electron chi connectivity index (χ2n) is 6.89. The van der Waals surface area contributed by atoms with Gasteiger partial charge < -0.3 is 4.74 Å². The molecule has 0 fully saturated rings. The van der Waals surface area contributed by atoms with Crippen LogP contribution in [0, 0.1) is 0 Å². The fraction of sp³-hybridized carbons (Fsp3) is 0.190. The third kappa shape index (κ3) is 3.43. The van der Waals surface area contributed by atoms with Crippen LogP contribution in [0.4, 0.5) is 0 Å². The molecule has 25 heavy (non-hydrogen) atoms. The van der Waals surface area contributed by atoms with Gasteiger partial charge in [0.25, 0.3) is 0 Å². The summed E-state index contributed by atoms with van der Waals surface area (Å²) in [6, 6.07) is 13.5. The normalized spacial score (nSPS) is 13.6. The molecule has 0 atom stereocenters. The molecule has 0 saturated carbocycles. The first kappa shape index (κ1) is 16.8.